The van der Waals surface area contributed by atoms with Gasteiger partial charge >= 0.3 is 13.0 Å². The monoisotopic (exact) mass is 574 g/mol. The minimum Gasteiger partial charge on any atom is -0.487 e. The van der Waals surface area contributed by atoms with Gasteiger partial charge in [-0.3, -0.25) is 0 Å². The Kier molecular flexibility index (Phi) is 9.18. The van der Waals surface area contributed by atoms with Gasteiger partial charge in [0.05, 0.1) is 6.61 Å². The quantitative estimate of drug-likeness (QED) is 0.180. The number of alkyl halides is 5. The maximum absolute atomic E-state index is 14.7. The highest BCUT2D eigenvalue weighted by Gasteiger charge is 2.34. The molecule has 0 unspecified atom stereocenters. The Morgan fingerprint density at radius 3 is 1.79 bits per heavy atom. The summed E-state index contributed by atoms with van der Waals surface area (Å²) in [5, 5.41) is 0. The second-order valence-corrected chi connectivity index (χ2v) is 7.91. The van der Waals surface area contributed by atoms with Crippen molar-refractivity contribution in [3.8, 4) is 28.4 Å². The normalized spacial score (nSPS) is 11.7. The van der Waals surface area contributed by atoms with Crippen molar-refractivity contribution in [2.75, 3.05) is 6.61 Å². The van der Waals surface area contributed by atoms with Crippen LogP contribution in [0.25, 0.3) is 11.1 Å². The van der Waals surface area contributed by atoms with Crippen molar-refractivity contribution < 1.29 is 62.5 Å². The molecule has 0 aliphatic heterocycles. The SMILES string of the molecule is CCCOc1c(F)c(F)c(CCc2c(OC(F)(F)F)ccc(OC(F)F)c2-c2cc(F)cc(F)c2)c(F)c1F. The highest BCUT2D eigenvalue weighted by Crippen LogP contribution is 2.43. The van der Waals surface area contributed by atoms with Gasteiger partial charge in [0.2, 0.25) is 11.6 Å². The van der Waals surface area contributed by atoms with Crippen molar-refractivity contribution in [1.29, 1.82) is 0 Å². The average molecular weight is 574 g/mol. The Hall–Kier alpha value is -3.71. The fourth-order valence-corrected chi connectivity index (χ4v) is 3.74. The smallest absolute Gasteiger partial charge is 0.487 e. The highest BCUT2D eigenvalue weighted by molar-refractivity contribution is 5.77. The zero-order valence-electron chi connectivity index (χ0n) is 19.7. The van der Waals surface area contributed by atoms with Crippen LogP contribution in [0.3, 0.4) is 0 Å². The van der Waals surface area contributed by atoms with Crippen LogP contribution < -0.4 is 14.2 Å². The van der Waals surface area contributed by atoms with E-state index in [1.165, 1.54) is 0 Å². The Bertz CT molecular complexity index is 1290. The van der Waals surface area contributed by atoms with E-state index in [2.05, 4.69) is 14.2 Å². The van der Waals surface area contributed by atoms with Crippen molar-refractivity contribution in [2.45, 2.75) is 39.2 Å². The van der Waals surface area contributed by atoms with Gasteiger partial charge in [-0.15, -0.1) is 13.2 Å². The van der Waals surface area contributed by atoms with Gasteiger partial charge in [0, 0.05) is 22.8 Å². The van der Waals surface area contributed by atoms with Crippen LogP contribution in [0.4, 0.5) is 48.3 Å². The third-order valence-electron chi connectivity index (χ3n) is 5.21. The molecule has 0 aliphatic rings. The lowest BCUT2D eigenvalue weighted by atomic mass is 9.92. The molecule has 3 rings (SSSR count). The minimum absolute atomic E-state index is 0.229. The van der Waals surface area contributed by atoms with E-state index in [1.54, 1.807) is 6.92 Å². The standard InChI is InChI=1S/C25H17F11O3/c1-2-7-37-23-21(30)19(28)15(20(29)22(23)31)4-3-14-16(39-25(34,35)36)5-6-17(38-24(32)33)18(14)11-8-12(26)10-13(27)9-11/h5-6,8-10,24H,2-4,7H2,1H3. The number of ether oxygens (including phenoxy) is 3. The predicted molar refractivity (Wildman–Crippen MR) is 115 cm³/mol. The Morgan fingerprint density at radius 2 is 1.28 bits per heavy atom. The maximum Gasteiger partial charge on any atom is 0.573 e. The number of hydrogen-bond acceptors (Lipinski definition) is 3. The number of benzene rings is 3. The summed E-state index contributed by atoms with van der Waals surface area (Å²) in [6.45, 7) is -2.31. The number of rotatable bonds is 10. The second-order valence-electron chi connectivity index (χ2n) is 7.91. The Balaban J connectivity index is 2.21. The summed E-state index contributed by atoms with van der Waals surface area (Å²) in [6, 6.07) is 2.63. The molecule has 0 fully saturated rings. The lowest BCUT2D eigenvalue weighted by Gasteiger charge is -2.21. The lowest BCUT2D eigenvalue weighted by Crippen LogP contribution is -2.19. The number of halogens is 11. The summed E-state index contributed by atoms with van der Waals surface area (Å²) in [7, 11) is 0. The topological polar surface area (TPSA) is 27.7 Å². The fourth-order valence-electron chi connectivity index (χ4n) is 3.74. The third-order valence-corrected chi connectivity index (χ3v) is 5.21. The van der Waals surface area contributed by atoms with Crippen molar-refractivity contribution >= 4 is 0 Å². The molecule has 0 saturated carbocycles. The molecular formula is C25H17F11O3. The van der Waals surface area contributed by atoms with Crippen LogP contribution in [-0.4, -0.2) is 19.6 Å². The molecule has 3 nitrogen and oxygen atoms in total. The molecule has 0 saturated heterocycles. The van der Waals surface area contributed by atoms with Crippen LogP contribution >= 0.6 is 0 Å². The Labute approximate surface area is 213 Å². The first-order valence-corrected chi connectivity index (χ1v) is 11.0. The van der Waals surface area contributed by atoms with E-state index in [0.29, 0.717) is 30.3 Å². The molecule has 0 heterocycles. The molecule has 0 spiro atoms. The van der Waals surface area contributed by atoms with Gasteiger partial charge in [0.1, 0.15) is 23.1 Å². The van der Waals surface area contributed by atoms with Crippen LogP contribution in [0.15, 0.2) is 30.3 Å². The average Bonchev–Trinajstić information content (AvgIpc) is 2.82. The first-order chi connectivity index (χ1) is 18.2. The molecule has 39 heavy (non-hydrogen) atoms. The van der Waals surface area contributed by atoms with E-state index in [-0.39, 0.29) is 13.0 Å². The third kappa shape index (κ3) is 7.03. The summed E-state index contributed by atoms with van der Waals surface area (Å²) in [5.41, 5.74) is -3.38. The Morgan fingerprint density at radius 1 is 0.744 bits per heavy atom. The van der Waals surface area contributed by atoms with Crippen molar-refractivity contribution in [1.82, 2.24) is 0 Å². The van der Waals surface area contributed by atoms with Crippen LogP contribution in [0, 0.1) is 34.9 Å². The number of hydrogen-bond donors (Lipinski definition) is 0. The molecule has 0 aliphatic carbocycles. The minimum atomic E-state index is -5.38. The summed E-state index contributed by atoms with van der Waals surface area (Å²) < 4.78 is 164. The molecule has 0 bridgehead atoms. The zero-order valence-corrected chi connectivity index (χ0v) is 19.7. The van der Waals surface area contributed by atoms with Crippen LogP contribution in [-0.2, 0) is 12.8 Å². The van der Waals surface area contributed by atoms with Crippen LogP contribution in [0.2, 0.25) is 0 Å². The highest BCUT2D eigenvalue weighted by atomic mass is 19.4. The summed E-state index contributed by atoms with van der Waals surface area (Å²) >= 11 is 0. The lowest BCUT2D eigenvalue weighted by molar-refractivity contribution is -0.274. The van der Waals surface area contributed by atoms with E-state index in [1.807, 2.05) is 0 Å². The van der Waals surface area contributed by atoms with Crippen molar-refractivity contribution in [3.05, 3.63) is 76.4 Å². The van der Waals surface area contributed by atoms with E-state index >= 15 is 0 Å². The van der Waals surface area contributed by atoms with Gasteiger partial charge in [0.15, 0.2) is 17.4 Å². The van der Waals surface area contributed by atoms with Gasteiger partial charge in [-0.25, -0.2) is 17.6 Å². The van der Waals surface area contributed by atoms with Gasteiger partial charge in [0.25, 0.3) is 0 Å². The van der Waals surface area contributed by atoms with E-state index in [9.17, 15) is 48.3 Å². The van der Waals surface area contributed by atoms with Crippen molar-refractivity contribution in [3.63, 3.8) is 0 Å². The molecule has 0 N–H and O–H groups in total. The van der Waals surface area contributed by atoms with Crippen LogP contribution in [0.5, 0.6) is 17.2 Å². The second kappa shape index (κ2) is 12.0. The summed E-state index contributed by atoms with van der Waals surface area (Å²) in [6.07, 6.45) is -7.17. The molecular weight excluding hydrogens is 557 g/mol. The predicted octanol–water partition coefficient (Wildman–Crippen LogP) is 8.26. The van der Waals surface area contributed by atoms with Gasteiger partial charge in [-0.05, 0) is 49.1 Å². The molecule has 0 aromatic heterocycles. The molecule has 0 atom stereocenters. The summed E-state index contributed by atoms with van der Waals surface area (Å²) in [5.74, 6) is -13.5. The van der Waals surface area contributed by atoms with Gasteiger partial charge in [-0.2, -0.15) is 17.6 Å². The van der Waals surface area contributed by atoms with Gasteiger partial charge in [-0.1, -0.05) is 6.92 Å². The maximum atomic E-state index is 14.7. The van der Waals surface area contributed by atoms with E-state index in [0.717, 1.165) is 0 Å². The fraction of sp³-hybridized carbons (Fsp3) is 0.280. The molecule has 3 aromatic rings. The van der Waals surface area contributed by atoms with E-state index in [4.69, 9.17) is 0 Å². The molecule has 0 amide bonds. The molecule has 212 valence electrons. The first-order valence-electron chi connectivity index (χ1n) is 11.0. The zero-order chi connectivity index (χ0) is 29.1. The van der Waals surface area contributed by atoms with Crippen LogP contribution in [0.1, 0.15) is 24.5 Å². The molecule has 14 heteroatoms. The molecule has 3 aromatic carbocycles. The van der Waals surface area contributed by atoms with E-state index < -0.39 is 100 Å². The van der Waals surface area contributed by atoms with Gasteiger partial charge < -0.3 is 14.2 Å². The summed E-state index contributed by atoms with van der Waals surface area (Å²) in [4.78, 5) is 0. The largest absolute Gasteiger partial charge is 0.573 e. The first kappa shape index (κ1) is 29.8. The van der Waals surface area contributed by atoms with Crippen molar-refractivity contribution in [2.24, 2.45) is 0 Å². The molecule has 0 radical (unpaired) electrons.